The van der Waals surface area contributed by atoms with E-state index in [1.807, 2.05) is 23.1 Å². The van der Waals surface area contributed by atoms with Gasteiger partial charge in [0, 0.05) is 55.8 Å². The number of nitrogens with zero attached hydrogens (tertiary/aromatic N) is 6. The second kappa shape index (κ2) is 7.97. The average Bonchev–Trinajstić information content (AvgIpc) is 3.21. The number of hydrogen-bond donors (Lipinski definition) is 2. The smallest absolute Gasteiger partial charge is 0.216 e. The number of nitrogens with one attached hydrogen (secondary N) is 1. The minimum atomic E-state index is -0.897. The van der Waals surface area contributed by atoms with Crippen LogP contribution in [0.25, 0.3) is 22.6 Å². The van der Waals surface area contributed by atoms with Crippen molar-refractivity contribution in [2.24, 2.45) is 0 Å². The van der Waals surface area contributed by atoms with Gasteiger partial charge in [0.2, 0.25) is 6.41 Å². The van der Waals surface area contributed by atoms with Gasteiger partial charge in [-0.15, -0.1) is 0 Å². The first-order valence-electron chi connectivity index (χ1n) is 9.82. The fourth-order valence-electron chi connectivity index (χ4n) is 3.67. The summed E-state index contributed by atoms with van der Waals surface area (Å²) in [6, 6.07) is 6.00. The van der Waals surface area contributed by atoms with E-state index in [0.717, 1.165) is 35.5 Å². The van der Waals surface area contributed by atoms with Gasteiger partial charge in [0.1, 0.15) is 17.8 Å². The summed E-state index contributed by atoms with van der Waals surface area (Å²) in [5.41, 5.74) is 2.99. The number of aliphatic hydroxyl groups excluding tert-OH is 1. The molecule has 154 valence electrons. The molecule has 0 amide bonds. The number of rotatable bonds is 5. The number of aromatic nitrogens is 4. The van der Waals surface area contributed by atoms with Crippen LogP contribution in [0.3, 0.4) is 0 Å². The van der Waals surface area contributed by atoms with Crippen molar-refractivity contribution in [2.45, 2.75) is 12.5 Å². The number of fused-ring (bicyclic) bond motifs is 1. The summed E-state index contributed by atoms with van der Waals surface area (Å²) >= 11 is 0. The molecule has 0 spiro atoms. The molecule has 5 rings (SSSR count). The molecule has 2 N–H and O–H groups in total. The quantitative estimate of drug-likeness (QED) is 0.588. The number of nitriles is 1. The Morgan fingerprint density at radius 1 is 1.20 bits per heavy atom. The van der Waals surface area contributed by atoms with Crippen LogP contribution in [-0.4, -0.2) is 81.9 Å². The molecule has 0 aliphatic carbocycles. The van der Waals surface area contributed by atoms with Crippen molar-refractivity contribution >= 4 is 16.7 Å². The van der Waals surface area contributed by atoms with Gasteiger partial charge in [0.25, 0.3) is 0 Å². The SMILES string of the molecule is N#Cc1cnc(-c2cc3c(N4CCN(C(O)OC5COC5)CC4)ccnc3[nH]2)nc1. The zero-order chi connectivity index (χ0) is 20.5. The van der Waals surface area contributed by atoms with Gasteiger partial charge >= 0.3 is 0 Å². The van der Waals surface area contributed by atoms with Gasteiger partial charge in [-0.25, -0.2) is 15.0 Å². The largest absolute Gasteiger partial charge is 0.376 e. The van der Waals surface area contributed by atoms with Crippen LogP contribution in [0.15, 0.2) is 30.7 Å². The Kier molecular flexibility index (Phi) is 5.02. The predicted molar refractivity (Wildman–Crippen MR) is 107 cm³/mol. The highest BCUT2D eigenvalue weighted by atomic mass is 16.7. The molecule has 3 aromatic heterocycles. The number of hydrogen-bond acceptors (Lipinski definition) is 9. The van der Waals surface area contributed by atoms with E-state index in [2.05, 4.69) is 24.8 Å². The Bertz CT molecular complexity index is 1070. The fourth-order valence-corrected chi connectivity index (χ4v) is 3.67. The average molecular weight is 407 g/mol. The van der Waals surface area contributed by atoms with Crippen LogP contribution in [0, 0.1) is 11.3 Å². The number of piperazine rings is 1. The molecular formula is C20H21N7O3. The maximum absolute atomic E-state index is 10.3. The Balaban J connectivity index is 1.32. The van der Waals surface area contributed by atoms with Crippen molar-refractivity contribution in [1.82, 2.24) is 24.8 Å². The summed E-state index contributed by atoms with van der Waals surface area (Å²) in [5.74, 6) is 0.517. The monoisotopic (exact) mass is 407 g/mol. The summed E-state index contributed by atoms with van der Waals surface area (Å²) < 4.78 is 10.7. The van der Waals surface area contributed by atoms with E-state index >= 15 is 0 Å². The first-order chi connectivity index (χ1) is 14.7. The Morgan fingerprint density at radius 2 is 1.97 bits per heavy atom. The lowest BCUT2D eigenvalue weighted by atomic mass is 10.2. The molecule has 2 saturated heterocycles. The molecule has 2 aliphatic rings. The van der Waals surface area contributed by atoms with Crippen LogP contribution in [0.1, 0.15) is 5.56 Å². The highest BCUT2D eigenvalue weighted by Gasteiger charge is 2.29. The first-order valence-corrected chi connectivity index (χ1v) is 9.82. The van der Waals surface area contributed by atoms with E-state index < -0.39 is 6.41 Å². The number of anilines is 1. The molecule has 5 heterocycles. The van der Waals surface area contributed by atoms with E-state index in [1.54, 1.807) is 6.20 Å². The van der Waals surface area contributed by atoms with Gasteiger partial charge in [-0.1, -0.05) is 0 Å². The second-order valence-electron chi connectivity index (χ2n) is 7.33. The summed E-state index contributed by atoms with van der Waals surface area (Å²) in [7, 11) is 0. The third-order valence-electron chi connectivity index (χ3n) is 5.42. The molecule has 0 aromatic carbocycles. The van der Waals surface area contributed by atoms with Gasteiger partial charge in [-0.3, -0.25) is 4.90 Å². The van der Waals surface area contributed by atoms with Crippen LogP contribution in [0.5, 0.6) is 0 Å². The topological polar surface area (TPSA) is 123 Å². The van der Waals surface area contributed by atoms with Crippen LogP contribution >= 0.6 is 0 Å². The summed E-state index contributed by atoms with van der Waals surface area (Å²) in [6.45, 7) is 3.99. The molecule has 0 bridgehead atoms. The standard InChI is InChI=1S/C20H21N7O3/c21-8-13-9-23-19(24-10-13)16-7-15-17(1-2-22-18(15)25-16)26-3-5-27(6-4-26)20(28)30-14-11-29-12-14/h1-2,7,9-10,14,20,28H,3-6,11-12H2,(H,22,25). The zero-order valence-corrected chi connectivity index (χ0v) is 16.2. The molecule has 1 unspecified atom stereocenters. The van der Waals surface area contributed by atoms with Crippen LogP contribution in [0.4, 0.5) is 5.69 Å². The third kappa shape index (κ3) is 3.59. The number of aromatic amines is 1. The lowest BCUT2D eigenvalue weighted by Crippen LogP contribution is -2.53. The Labute approximate surface area is 172 Å². The number of aliphatic hydroxyl groups is 1. The van der Waals surface area contributed by atoms with E-state index in [4.69, 9.17) is 14.7 Å². The molecule has 10 nitrogen and oxygen atoms in total. The number of ether oxygens (including phenoxy) is 2. The van der Waals surface area contributed by atoms with Crippen molar-refractivity contribution in [2.75, 3.05) is 44.3 Å². The summed E-state index contributed by atoms with van der Waals surface area (Å²) in [5, 5.41) is 20.2. The molecule has 2 fully saturated rings. The minimum absolute atomic E-state index is 0.0134. The fraction of sp³-hybridized carbons (Fsp3) is 0.400. The maximum atomic E-state index is 10.3. The molecule has 2 aliphatic heterocycles. The normalized spacial score (nSPS) is 18.9. The molecule has 0 saturated carbocycles. The van der Waals surface area contributed by atoms with Gasteiger partial charge in [-0.2, -0.15) is 5.26 Å². The van der Waals surface area contributed by atoms with E-state index in [-0.39, 0.29) is 6.10 Å². The first kappa shape index (κ1) is 18.9. The maximum Gasteiger partial charge on any atom is 0.216 e. The van der Waals surface area contributed by atoms with Gasteiger partial charge in [0.15, 0.2) is 5.82 Å². The van der Waals surface area contributed by atoms with E-state index in [9.17, 15) is 5.11 Å². The lowest BCUT2D eigenvalue weighted by Gasteiger charge is -2.39. The highest BCUT2D eigenvalue weighted by Crippen LogP contribution is 2.30. The van der Waals surface area contributed by atoms with Gasteiger partial charge in [0.05, 0.1) is 24.5 Å². The van der Waals surface area contributed by atoms with Crippen LogP contribution in [-0.2, 0) is 9.47 Å². The molecule has 1 atom stereocenters. The summed E-state index contributed by atoms with van der Waals surface area (Å²) in [4.78, 5) is 20.4. The number of H-pyrrole nitrogens is 1. The third-order valence-corrected chi connectivity index (χ3v) is 5.42. The summed E-state index contributed by atoms with van der Waals surface area (Å²) in [6.07, 6.45) is 3.87. The van der Waals surface area contributed by atoms with Crippen molar-refractivity contribution in [1.29, 1.82) is 5.26 Å². The van der Waals surface area contributed by atoms with Crippen LogP contribution in [0.2, 0.25) is 0 Å². The van der Waals surface area contributed by atoms with Crippen molar-refractivity contribution in [3.05, 3.63) is 36.3 Å². The number of pyridine rings is 1. The molecule has 3 aromatic rings. The Morgan fingerprint density at radius 3 is 2.63 bits per heavy atom. The van der Waals surface area contributed by atoms with Gasteiger partial charge in [-0.05, 0) is 12.1 Å². The van der Waals surface area contributed by atoms with Crippen molar-refractivity contribution in [3.8, 4) is 17.6 Å². The predicted octanol–water partition coefficient (Wildman–Crippen LogP) is 0.705. The van der Waals surface area contributed by atoms with Gasteiger partial charge < -0.3 is 24.5 Å². The molecule has 0 radical (unpaired) electrons. The van der Waals surface area contributed by atoms with Crippen molar-refractivity contribution < 1.29 is 14.6 Å². The van der Waals surface area contributed by atoms with E-state index in [1.165, 1.54) is 12.4 Å². The molecular weight excluding hydrogens is 386 g/mol. The minimum Gasteiger partial charge on any atom is -0.376 e. The highest BCUT2D eigenvalue weighted by molar-refractivity contribution is 5.93. The zero-order valence-electron chi connectivity index (χ0n) is 16.2. The van der Waals surface area contributed by atoms with Crippen molar-refractivity contribution in [3.63, 3.8) is 0 Å². The second-order valence-corrected chi connectivity index (χ2v) is 7.33. The molecule has 10 heteroatoms. The molecule has 30 heavy (non-hydrogen) atoms. The van der Waals surface area contributed by atoms with Crippen LogP contribution < -0.4 is 4.90 Å². The Hall–Kier alpha value is -3.10. The van der Waals surface area contributed by atoms with E-state index in [0.29, 0.717) is 37.7 Å². The lowest BCUT2D eigenvalue weighted by molar-refractivity contribution is -0.262.